The molecule has 1 aliphatic rings. The van der Waals surface area contributed by atoms with Gasteiger partial charge >= 0.3 is 0 Å². The zero-order chi connectivity index (χ0) is 17.0. The van der Waals surface area contributed by atoms with Gasteiger partial charge in [0.2, 0.25) is 0 Å². The van der Waals surface area contributed by atoms with Gasteiger partial charge in [0, 0.05) is 12.6 Å². The summed E-state index contributed by atoms with van der Waals surface area (Å²) in [6, 6.07) is 16.8. The van der Waals surface area contributed by atoms with E-state index in [0.29, 0.717) is 0 Å². The molecule has 0 saturated carbocycles. The molecule has 1 atom stereocenters. The molecule has 0 fully saturated rings. The molecule has 0 amide bonds. The maximum atomic E-state index is 9.63. The Morgan fingerprint density at radius 1 is 1.12 bits per heavy atom. The van der Waals surface area contributed by atoms with Crippen LogP contribution in [-0.4, -0.2) is 23.4 Å². The van der Waals surface area contributed by atoms with E-state index >= 15 is 0 Å². The normalized spacial score (nSPS) is 17.0. The van der Waals surface area contributed by atoms with Gasteiger partial charge in [-0.15, -0.1) is 0 Å². The Bertz CT molecular complexity index is 667. The fraction of sp³-hybridized carbons (Fsp3) is 0.429. The second-order valence-electron chi connectivity index (χ2n) is 7.25. The van der Waals surface area contributed by atoms with Crippen LogP contribution in [0.1, 0.15) is 37.0 Å². The first-order chi connectivity index (χ1) is 11.6. The van der Waals surface area contributed by atoms with Crippen LogP contribution in [0.2, 0.25) is 0 Å². The summed E-state index contributed by atoms with van der Waals surface area (Å²) in [5.41, 5.74) is 3.70. The fourth-order valence-corrected chi connectivity index (χ4v) is 3.18. The molecule has 0 aromatic heterocycles. The Morgan fingerprint density at radius 2 is 1.92 bits per heavy atom. The van der Waals surface area contributed by atoms with Crippen LogP contribution in [0.25, 0.3) is 0 Å². The molecular weight excluding hydrogens is 298 g/mol. The van der Waals surface area contributed by atoms with E-state index in [4.69, 9.17) is 4.74 Å². The third kappa shape index (κ3) is 4.37. The van der Waals surface area contributed by atoms with Gasteiger partial charge in [-0.3, -0.25) is 0 Å². The molecule has 24 heavy (non-hydrogen) atoms. The number of aliphatic hydroxyl groups excluding tert-OH is 1. The van der Waals surface area contributed by atoms with Crippen molar-refractivity contribution in [1.82, 2.24) is 5.32 Å². The number of rotatable bonds is 6. The molecular formula is C21H27NO2. The Morgan fingerprint density at radius 3 is 2.67 bits per heavy atom. The summed E-state index contributed by atoms with van der Waals surface area (Å²) in [6.07, 6.45) is 2.94. The highest BCUT2D eigenvalue weighted by Gasteiger charge is 2.26. The molecule has 3 rings (SSSR count). The van der Waals surface area contributed by atoms with E-state index in [1.165, 1.54) is 16.7 Å². The van der Waals surface area contributed by atoms with Gasteiger partial charge in [-0.1, -0.05) is 42.5 Å². The standard InChI is InChI=1S/C21H27NO2/c1-21(2)11-10-18-12-17(8-9-20(18)24-21)14-22-19(15-23)13-16-6-4-3-5-7-16/h3-9,12,19,22-23H,10-11,13-15H2,1-2H3/t19-/m1/s1. The lowest BCUT2D eigenvalue weighted by Gasteiger charge is -2.32. The monoisotopic (exact) mass is 325 g/mol. The number of hydrogen-bond acceptors (Lipinski definition) is 3. The minimum absolute atomic E-state index is 0.0650. The largest absolute Gasteiger partial charge is 0.488 e. The lowest BCUT2D eigenvalue weighted by atomic mass is 9.93. The number of nitrogens with one attached hydrogen (secondary N) is 1. The number of hydrogen-bond donors (Lipinski definition) is 2. The second kappa shape index (κ2) is 7.37. The summed E-state index contributed by atoms with van der Waals surface area (Å²) in [4.78, 5) is 0. The van der Waals surface area contributed by atoms with Gasteiger partial charge in [-0.25, -0.2) is 0 Å². The molecule has 3 heteroatoms. The summed E-state index contributed by atoms with van der Waals surface area (Å²) in [7, 11) is 0. The van der Waals surface area contributed by atoms with Crippen molar-refractivity contribution in [2.24, 2.45) is 0 Å². The lowest BCUT2D eigenvalue weighted by molar-refractivity contribution is 0.0846. The van der Waals surface area contributed by atoms with E-state index in [-0.39, 0.29) is 18.2 Å². The summed E-state index contributed by atoms with van der Waals surface area (Å²) >= 11 is 0. The lowest BCUT2D eigenvalue weighted by Crippen LogP contribution is -2.34. The molecule has 0 unspecified atom stereocenters. The van der Waals surface area contributed by atoms with Gasteiger partial charge in [0.25, 0.3) is 0 Å². The number of benzene rings is 2. The topological polar surface area (TPSA) is 41.5 Å². The zero-order valence-corrected chi connectivity index (χ0v) is 14.6. The first-order valence-corrected chi connectivity index (χ1v) is 8.75. The first-order valence-electron chi connectivity index (χ1n) is 8.75. The van der Waals surface area contributed by atoms with Crippen molar-refractivity contribution in [3.8, 4) is 5.75 Å². The van der Waals surface area contributed by atoms with Crippen LogP contribution < -0.4 is 10.1 Å². The molecule has 1 aliphatic heterocycles. The smallest absolute Gasteiger partial charge is 0.123 e. The number of fused-ring (bicyclic) bond motifs is 1. The van der Waals surface area contributed by atoms with Crippen LogP contribution >= 0.6 is 0 Å². The Labute approximate surface area is 144 Å². The summed E-state index contributed by atoms with van der Waals surface area (Å²) in [5.74, 6) is 1.01. The van der Waals surface area contributed by atoms with Crippen LogP contribution in [0.4, 0.5) is 0 Å². The highest BCUT2D eigenvalue weighted by atomic mass is 16.5. The van der Waals surface area contributed by atoms with Crippen molar-refractivity contribution in [1.29, 1.82) is 0 Å². The van der Waals surface area contributed by atoms with Gasteiger partial charge < -0.3 is 15.2 Å². The molecule has 0 radical (unpaired) electrons. The van der Waals surface area contributed by atoms with E-state index in [2.05, 4.69) is 49.5 Å². The number of ether oxygens (including phenoxy) is 1. The van der Waals surface area contributed by atoms with Crippen LogP contribution in [-0.2, 0) is 19.4 Å². The number of aryl methyl sites for hydroxylation is 1. The van der Waals surface area contributed by atoms with Gasteiger partial charge in [0.15, 0.2) is 0 Å². The SMILES string of the molecule is CC1(C)CCc2cc(CN[C@@H](CO)Cc3ccccc3)ccc2O1. The third-order valence-electron chi connectivity index (χ3n) is 4.65. The molecule has 0 saturated heterocycles. The van der Waals surface area contributed by atoms with Gasteiger partial charge in [0.05, 0.1) is 6.61 Å². The molecule has 1 heterocycles. The van der Waals surface area contributed by atoms with Crippen molar-refractivity contribution in [2.75, 3.05) is 6.61 Å². The van der Waals surface area contributed by atoms with Gasteiger partial charge in [-0.05, 0) is 55.9 Å². The maximum absolute atomic E-state index is 9.63. The van der Waals surface area contributed by atoms with Crippen molar-refractivity contribution in [2.45, 2.75) is 51.3 Å². The van der Waals surface area contributed by atoms with E-state index in [0.717, 1.165) is 31.6 Å². The minimum atomic E-state index is -0.0650. The van der Waals surface area contributed by atoms with Crippen molar-refractivity contribution >= 4 is 0 Å². The third-order valence-corrected chi connectivity index (χ3v) is 4.65. The quantitative estimate of drug-likeness (QED) is 0.854. The molecule has 2 aromatic rings. The molecule has 128 valence electrons. The van der Waals surface area contributed by atoms with Gasteiger partial charge in [-0.2, -0.15) is 0 Å². The van der Waals surface area contributed by atoms with Crippen molar-refractivity contribution < 1.29 is 9.84 Å². The zero-order valence-electron chi connectivity index (χ0n) is 14.6. The molecule has 2 N–H and O–H groups in total. The fourth-order valence-electron chi connectivity index (χ4n) is 3.18. The molecule has 0 bridgehead atoms. The Hall–Kier alpha value is -1.84. The van der Waals surface area contributed by atoms with Crippen LogP contribution in [0, 0.1) is 0 Å². The number of aliphatic hydroxyl groups is 1. The predicted molar refractivity (Wildman–Crippen MR) is 97.3 cm³/mol. The summed E-state index contributed by atoms with van der Waals surface area (Å²) in [6.45, 7) is 5.17. The molecule has 0 aliphatic carbocycles. The van der Waals surface area contributed by atoms with E-state index in [1.807, 2.05) is 18.2 Å². The average Bonchev–Trinajstić information content (AvgIpc) is 2.59. The minimum Gasteiger partial charge on any atom is -0.488 e. The highest BCUT2D eigenvalue weighted by molar-refractivity contribution is 5.39. The molecule has 0 spiro atoms. The van der Waals surface area contributed by atoms with Crippen LogP contribution in [0.3, 0.4) is 0 Å². The summed E-state index contributed by atoms with van der Waals surface area (Å²) in [5, 5.41) is 13.1. The maximum Gasteiger partial charge on any atom is 0.123 e. The molecule has 3 nitrogen and oxygen atoms in total. The summed E-state index contributed by atoms with van der Waals surface area (Å²) < 4.78 is 6.04. The Kier molecular flexibility index (Phi) is 5.22. The first kappa shape index (κ1) is 17.0. The van der Waals surface area contributed by atoms with Crippen molar-refractivity contribution in [3.05, 3.63) is 65.2 Å². The van der Waals surface area contributed by atoms with Crippen LogP contribution in [0.5, 0.6) is 5.75 Å². The van der Waals surface area contributed by atoms with E-state index in [1.54, 1.807) is 0 Å². The predicted octanol–water partition coefficient (Wildman–Crippen LogP) is 3.48. The van der Waals surface area contributed by atoms with E-state index < -0.39 is 0 Å². The second-order valence-corrected chi connectivity index (χ2v) is 7.25. The Balaban J connectivity index is 1.60. The van der Waals surface area contributed by atoms with Crippen molar-refractivity contribution in [3.63, 3.8) is 0 Å². The highest BCUT2D eigenvalue weighted by Crippen LogP contribution is 2.33. The molecule has 2 aromatic carbocycles. The van der Waals surface area contributed by atoms with Crippen LogP contribution in [0.15, 0.2) is 48.5 Å². The van der Waals surface area contributed by atoms with E-state index in [9.17, 15) is 5.11 Å². The average molecular weight is 325 g/mol. The van der Waals surface area contributed by atoms with Gasteiger partial charge in [0.1, 0.15) is 11.4 Å².